The van der Waals surface area contributed by atoms with Crippen molar-refractivity contribution in [2.45, 2.75) is 23.1 Å². The molecule has 0 spiro atoms. The van der Waals surface area contributed by atoms with Gasteiger partial charge in [-0.2, -0.15) is 0 Å². The van der Waals surface area contributed by atoms with Crippen molar-refractivity contribution in [3.05, 3.63) is 65.2 Å². The number of sulfone groups is 1. The summed E-state index contributed by atoms with van der Waals surface area (Å²) in [6.45, 7) is 1.97. The number of carbonyl (C=O) groups is 1. The van der Waals surface area contributed by atoms with Crippen molar-refractivity contribution in [3.8, 4) is 0 Å². The second kappa shape index (κ2) is 9.64. The Morgan fingerprint density at radius 2 is 1.61 bits per heavy atom. The minimum Gasteiger partial charge on any atom is -0.300 e. The van der Waals surface area contributed by atoms with Crippen LogP contribution in [0.1, 0.15) is 10.6 Å². The maximum absolute atomic E-state index is 12.3. The van der Waals surface area contributed by atoms with E-state index in [0.29, 0.717) is 5.01 Å². The molecule has 3 rings (SSSR count). The molecule has 0 aliphatic rings. The number of rotatable bonds is 9. The third kappa shape index (κ3) is 6.40. The highest BCUT2D eigenvalue weighted by Crippen LogP contribution is 2.17. The van der Waals surface area contributed by atoms with Crippen LogP contribution in [-0.4, -0.2) is 45.2 Å². The molecule has 0 radical (unpaired) electrons. The maximum Gasteiger partial charge on any atom is 0.241 e. The van der Waals surface area contributed by atoms with Gasteiger partial charge in [0.15, 0.2) is 9.84 Å². The summed E-state index contributed by atoms with van der Waals surface area (Å²) in [6.07, 6.45) is 0.265. The van der Waals surface area contributed by atoms with E-state index in [1.54, 1.807) is 30.3 Å². The number of benzene rings is 2. The Hall–Kier alpha value is -2.67. The van der Waals surface area contributed by atoms with Crippen molar-refractivity contribution in [3.63, 3.8) is 0 Å². The van der Waals surface area contributed by atoms with Crippen molar-refractivity contribution in [1.82, 2.24) is 14.9 Å². The largest absolute Gasteiger partial charge is 0.300 e. The lowest BCUT2D eigenvalue weighted by Gasteiger charge is -2.05. The second-order valence-electron chi connectivity index (χ2n) is 6.58. The number of hydrogen-bond donors (Lipinski definition) is 2. The minimum absolute atomic E-state index is 0.0592. The summed E-state index contributed by atoms with van der Waals surface area (Å²) in [5.41, 5.74) is 0.957. The van der Waals surface area contributed by atoms with Crippen LogP contribution in [0.25, 0.3) is 0 Å². The fraction of sp³-hybridized carbons (Fsp3) is 0.211. The molecule has 1 amide bonds. The number of anilines is 1. The Morgan fingerprint density at radius 3 is 2.29 bits per heavy atom. The molecule has 0 saturated carbocycles. The predicted octanol–water partition coefficient (Wildman–Crippen LogP) is 1.78. The fourth-order valence-electron chi connectivity index (χ4n) is 2.54. The van der Waals surface area contributed by atoms with E-state index in [2.05, 4.69) is 20.2 Å². The topological polar surface area (TPSA) is 135 Å². The van der Waals surface area contributed by atoms with Gasteiger partial charge in [-0.15, -0.1) is 10.2 Å². The molecule has 0 bridgehead atoms. The maximum atomic E-state index is 12.3. The lowest BCUT2D eigenvalue weighted by atomic mass is 10.2. The van der Waals surface area contributed by atoms with E-state index in [-0.39, 0.29) is 27.9 Å². The van der Waals surface area contributed by atoms with Gasteiger partial charge in [0.25, 0.3) is 0 Å². The lowest BCUT2D eigenvalue weighted by Crippen LogP contribution is -2.25. The summed E-state index contributed by atoms with van der Waals surface area (Å²) in [4.78, 5) is 12.3. The van der Waals surface area contributed by atoms with Crippen molar-refractivity contribution in [2.75, 3.05) is 17.6 Å². The molecule has 164 valence electrons. The highest BCUT2D eigenvalue weighted by molar-refractivity contribution is 7.92. The molecule has 3 aromatic rings. The molecule has 0 atom stereocenters. The second-order valence-corrected chi connectivity index (χ2v) is 11.4. The van der Waals surface area contributed by atoms with Gasteiger partial charge in [0.05, 0.1) is 9.79 Å². The van der Waals surface area contributed by atoms with Gasteiger partial charge in [0, 0.05) is 13.0 Å². The third-order valence-electron chi connectivity index (χ3n) is 4.10. The number of carbonyl (C=O) groups excluding carboxylic acids is 1. The van der Waals surface area contributed by atoms with Crippen LogP contribution in [0.5, 0.6) is 0 Å². The number of nitrogens with one attached hydrogen (secondary N) is 2. The summed E-state index contributed by atoms with van der Waals surface area (Å²) in [5.74, 6) is -1.45. The van der Waals surface area contributed by atoms with Gasteiger partial charge >= 0.3 is 0 Å². The van der Waals surface area contributed by atoms with Crippen LogP contribution in [-0.2, 0) is 31.1 Å². The summed E-state index contributed by atoms with van der Waals surface area (Å²) >= 11 is 1.05. The Labute approximate surface area is 184 Å². The molecule has 2 N–H and O–H groups in total. The summed E-state index contributed by atoms with van der Waals surface area (Å²) < 4.78 is 51.5. The van der Waals surface area contributed by atoms with Gasteiger partial charge in [0.2, 0.25) is 21.1 Å². The Kier molecular flexibility index (Phi) is 7.15. The van der Waals surface area contributed by atoms with Crippen molar-refractivity contribution in [2.24, 2.45) is 0 Å². The van der Waals surface area contributed by atoms with Crippen molar-refractivity contribution < 1.29 is 21.6 Å². The van der Waals surface area contributed by atoms with Gasteiger partial charge in [-0.05, 0) is 31.2 Å². The summed E-state index contributed by atoms with van der Waals surface area (Å²) in [7, 11) is -7.40. The number of sulfonamides is 1. The van der Waals surface area contributed by atoms with E-state index in [0.717, 1.165) is 16.9 Å². The first-order valence-corrected chi connectivity index (χ1v) is 13.1. The average molecular weight is 481 g/mol. The number of aryl methyl sites for hydroxylation is 1. The number of nitrogens with zero attached hydrogens (tertiary/aromatic N) is 2. The SMILES string of the molecule is Cc1ccc(S(=O)(=O)NCCc2nnc(NC(=O)CS(=O)(=O)c3ccccc3)s2)cc1. The Bertz CT molecular complexity index is 1260. The highest BCUT2D eigenvalue weighted by Gasteiger charge is 2.20. The van der Waals surface area contributed by atoms with Gasteiger partial charge in [0.1, 0.15) is 10.8 Å². The van der Waals surface area contributed by atoms with E-state index in [4.69, 9.17) is 0 Å². The average Bonchev–Trinajstić information content (AvgIpc) is 3.15. The van der Waals surface area contributed by atoms with Gasteiger partial charge in [-0.3, -0.25) is 10.1 Å². The molecule has 1 heterocycles. The fourth-order valence-corrected chi connectivity index (χ4v) is 5.48. The Morgan fingerprint density at radius 1 is 0.935 bits per heavy atom. The van der Waals surface area contributed by atoms with Crippen LogP contribution >= 0.6 is 11.3 Å². The molecular weight excluding hydrogens is 460 g/mol. The molecule has 0 fully saturated rings. The molecule has 9 nitrogen and oxygen atoms in total. The highest BCUT2D eigenvalue weighted by atomic mass is 32.2. The molecule has 0 unspecified atom stereocenters. The van der Waals surface area contributed by atoms with Crippen LogP contribution in [0.2, 0.25) is 0 Å². The number of amides is 1. The smallest absolute Gasteiger partial charge is 0.241 e. The first-order valence-electron chi connectivity index (χ1n) is 9.12. The van der Waals surface area contributed by atoms with E-state index in [1.165, 1.54) is 24.3 Å². The van der Waals surface area contributed by atoms with Crippen LogP contribution in [0.4, 0.5) is 5.13 Å². The molecule has 2 aromatic carbocycles. The van der Waals surface area contributed by atoms with Crippen LogP contribution in [0.3, 0.4) is 0 Å². The number of aromatic nitrogens is 2. The van der Waals surface area contributed by atoms with Crippen molar-refractivity contribution >= 4 is 42.2 Å². The molecule has 0 aliphatic heterocycles. The van der Waals surface area contributed by atoms with Gasteiger partial charge < -0.3 is 0 Å². The number of hydrogen-bond acceptors (Lipinski definition) is 8. The molecule has 0 aliphatic carbocycles. The minimum atomic E-state index is -3.76. The molecule has 1 aromatic heterocycles. The predicted molar refractivity (Wildman–Crippen MR) is 117 cm³/mol. The zero-order chi connectivity index (χ0) is 22.5. The van der Waals surface area contributed by atoms with E-state index < -0.39 is 31.5 Å². The first kappa shape index (κ1) is 23.0. The quantitative estimate of drug-likeness (QED) is 0.476. The molecular formula is C19H20N4O5S3. The third-order valence-corrected chi connectivity index (χ3v) is 8.11. The lowest BCUT2D eigenvalue weighted by molar-refractivity contribution is -0.113. The van der Waals surface area contributed by atoms with Crippen LogP contribution in [0, 0.1) is 6.92 Å². The van der Waals surface area contributed by atoms with Crippen LogP contribution in [0.15, 0.2) is 64.4 Å². The zero-order valence-electron chi connectivity index (χ0n) is 16.5. The Balaban J connectivity index is 1.52. The molecule has 31 heavy (non-hydrogen) atoms. The van der Waals surface area contributed by atoms with E-state index >= 15 is 0 Å². The normalized spacial score (nSPS) is 11.9. The monoisotopic (exact) mass is 480 g/mol. The van der Waals surface area contributed by atoms with Crippen LogP contribution < -0.4 is 10.0 Å². The van der Waals surface area contributed by atoms with Crippen molar-refractivity contribution in [1.29, 1.82) is 0 Å². The first-order chi connectivity index (χ1) is 14.7. The summed E-state index contributed by atoms with van der Waals surface area (Å²) in [6, 6.07) is 14.2. The van der Waals surface area contributed by atoms with Gasteiger partial charge in [-0.1, -0.05) is 47.2 Å². The van der Waals surface area contributed by atoms with Gasteiger partial charge in [-0.25, -0.2) is 21.6 Å². The molecule has 0 saturated heterocycles. The summed E-state index contributed by atoms with van der Waals surface area (Å²) in [5, 5.41) is 10.8. The zero-order valence-corrected chi connectivity index (χ0v) is 18.9. The van der Waals surface area contributed by atoms with E-state index in [1.807, 2.05) is 6.92 Å². The van der Waals surface area contributed by atoms with E-state index in [9.17, 15) is 21.6 Å². The standard InChI is InChI=1S/C19H20N4O5S3/c1-14-7-9-16(10-8-14)31(27,28)20-12-11-18-22-23-19(29-18)21-17(24)13-30(25,26)15-5-3-2-4-6-15/h2-10,20H,11-13H2,1H3,(H,21,23,24). The molecule has 12 heteroatoms.